The monoisotopic (exact) mass is 394 g/mol. The first kappa shape index (κ1) is 18.7. The molecule has 2 amide bonds. The van der Waals surface area contributed by atoms with Crippen LogP contribution in [0.5, 0.6) is 0 Å². The van der Waals surface area contributed by atoms with Crippen LogP contribution in [0.15, 0.2) is 42.5 Å². The normalized spacial score (nSPS) is 16.8. The van der Waals surface area contributed by atoms with E-state index in [2.05, 4.69) is 5.32 Å². The van der Waals surface area contributed by atoms with Gasteiger partial charge in [-0.2, -0.15) is 0 Å². The van der Waals surface area contributed by atoms with Crippen LogP contribution < -0.4 is 5.32 Å². The van der Waals surface area contributed by atoms with Crippen molar-refractivity contribution in [3.05, 3.63) is 63.9 Å². The Balaban J connectivity index is 1.56. The van der Waals surface area contributed by atoms with Gasteiger partial charge in [-0.25, -0.2) is 4.39 Å². The second-order valence-corrected chi connectivity index (χ2v) is 7.14. The van der Waals surface area contributed by atoms with E-state index in [0.717, 1.165) is 5.56 Å². The lowest BCUT2D eigenvalue weighted by molar-refractivity contribution is -0.128. The predicted molar refractivity (Wildman–Crippen MR) is 99.9 cm³/mol. The first-order valence-electron chi connectivity index (χ1n) is 8.20. The zero-order chi connectivity index (χ0) is 18.7. The third-order valence-corrected chi connectivity index (χ3v) is 4.74. The highest BCUT2D eigenvalue weighted by Gasteiger charge is 2.34. The highest BCUT2D eigenvalue weighted by Crippen LogP contribution is 2.25. The van der Waals surface area contributed by atoms with Gasteiger partial charge in [0.15, 0.2) is 0 Å². The molecule has 1 heterocycles. The Kier molecular flexibility index (Phi) is 5.79. The molecule has 136 valence electrons. The third-order valence-electron chi connectivity index (χ3n) is 4.30. The number of rotatable bonds is 5. The molecule has 1 saturated heterocycles. The third kappa shape index (κ3) is 4.74. The van der Waals surface area contributed by atoms with Crippen molar-refractivity contribution in [2.75, 3.05) is 18.4 Å². The SMILES string of the molecule is O=C(Nc1cc(Cl)cc(Cl)c1)[C@H]1CC(=O)N(CCc2ccc(F)cc2)C1. The van der Waals surface area contributed by atoms with Crippen LogP contribution in [0.2, 0.25) is 10.0 Å². The van der Waals surface area contributed by atoms with Gasteiger partial charge < -0.3 is 10.2 Å². The van der Waals surface area contributed by atoms with E-state index in [1.165, 1.54) is 12.1 Å². The van der Waals surface area contributed by atoms with Crippen molar-refractivity contribution in [1.82, 2.24) is 4.90 Å². The van der Waals surface area contributed by atoms with Crippen molar-refractivity contribution in [3.63, 3.8) is 0 Å². The van der Waals surface area contributed by atoms with E-state index in [1.807, 2.05) is 0 Å². The van der Waals surface area contributed by atoms with Crippen molar-refractivity contribution in [1.29, 1.82) is 0 Å². The number of nitrogens with one attached hydrogen (secondary N) is 1. The molecule has 2 aromatic carbocycles. The molecule has 1 atom stereocenters. The van der Waals surface area contributed by atoms with Gasteiger partial charge in [-0.1, -0.05) is 35.3 Å². The molecule has 3 rings (SSSR count). The quantitative estimate of drug-likeness (QED) is 0.827. The molecular weight excluding hydrogens is 378 g/mol. The van der Waals surface area contributed by atoms with Crippen molar-refractivity contribution in [3.8, 4) is 0 Å². The van der Waals surface area contributed by atoms with E-state index < -0.39 is 5.92 Å². The molecule has 0 unspecified atom stereocenters. The lowest BCUT2D eigenvalue weighted by Gasteiger charge is -2.16. The summed E-state index contributed by atoms with van der Waals surface area (Å²) in [6.07, 6.45) is 0.786. The first-order valence-corrected chi connectivity index (χ1v) is 8.95. The summed E-state index contributed by atoms with van der Waals surface area (Å²) in [5.74, 6) is -1.00. The number of hydrogen-bond donors (Lipinski definition) is 1. The van der Waals surface area contributed by atoms with Crippen molar-refractivity contribution in [2.45, 2.75) is 12.8 Å². The molecule has 0 aliphatic carbocycles. The average Bonchev–Trinajstić information content (AvgIpc) is 2.94. The predicted octanol–water partition coefficient (Wildman–Crippen LogP) is 4.16. The van der Waals surface area contributed by atoms with E-state index in [0.29, 0.717) is 35.2 Å². The first-order chi connectivity index (χ1) is 12.4. The zero-order valence-corrected chi connectivity index (χ0v) is 15.4. The van der Waals surface area contributed by atoms with Crippen LogP contribution >= 0.6 is 23.2 Å². The largest absolute Gasteiger partial charge is 0.342 e. The molecule has 1 aliphatic rings. The molecule has 1 fully saturated rings. The lowest BCUT2D eigenvalue weighted by Crippen LogP contribution is -2.30. The molecule has 2 aromatic rings. The Morgan fingerprint density at radius 3 is 2.46 bits per heavy atom. The minimum absolute atomic E-state index is 0.0589. The van der Waals surface area contributed by atoms with Gasteiger partial charge in [0, 0.05) is 35.2 Å². The zero-order valence-electron chi connectivity index (χ0n) is 13.8. The summed E-state index contributed by atoms with van der Waals surface area (Å²) in [6.45, 7) is 0.859. The van der Waals surface area contributed by atoms with Crippen molar-refractivity contribution >= 4 is 40.7 Å². The van der Waals surface area contributed by atoms with E-state index in [1.54, 1.807) is 35.2 Å². The number of amides is 2. The number of nitrogens with zero attached hydrogens (tertiary/aromatic N) is 1. The van der Waals surface area contributed by atoms with Gasteiger partial charge in [0.25, 0.3) is 0 Å². The topological polar surface area (TPSA) is 49.4 Å². The van der Waals surface area contributed by atoms with Gasteiger partial charge in [0.2, 0.25) is 11.8 Å². The van der Waals surface area contributed by atoms with Gasteiger partial charge in [0.05, 0.1) is 5.92 Å². The highest BCUT2D eigenvalue weighted by molar-refractivity contribution is 6.35. The molecule has 1 aliphatic heterocycles. The van der Waals surface area contributed by atoms with Crippen LogP contribution in [0.25, 0.3) is 0 Å². The van der Waals surface area contributed by atoms with Crippen LogP contribution in [0.1, 0.15) is 12.0 Å². The summed E-state index contributed by atoms with van der Waals surface area (Å²) in [4.78, 5) is 26.3. The molecule has 7 heteroatoms. The molecule has 0 radical (unpaired) electrons. The molecule has 26 heavy (non-hydrogen) atoms. The summed E-state index contributed by atoms with van der Waals surface area (Å²) in [7, 11) is 0. The van der Waals surface area contributed by atoms with Crippen LogP contribution in [0.4, 0.5) is 10.1 Å². The van der Waals surface area contributed by atoms with Crippen molar-refractivity contribution in [2.24, 2.45) is 5.92 Å². The molecule has 4 nitrogen and oxygen atoms in total. The standard InChI is InChI=1S/C19H17Cl2FN2O2/c20-14-8-15(21)10-17(9-14)23-19(26)13-7-18(25)24(11-13)6-5-12-1-3-16(22)4-2-12/h1-4,8-10,13H,5-7,11H2,(H,23,26)/t13-/m0/s1. The minimum Gasteiger partial charge on any atom is -0.342 e. The number of likely N-dealkylation sites (tertiary alicyclic amines) is 1. The van der Waals surface area contributed by atoms with E-state index in [4.69, 9.17) is 23.2 Å². The summed E-state index contributed by atoms with van der Waals surface area (Å²) in [6, 6.07) is 11.0. The summed E-state index contributed by atoms with van der Waals surface area (Å²) in [5, 5.41) is 3.61. The molecule has 0 aromatic heterocycles. The average molecular weight is 395 g/mol. The van der Waals surface area contributed by atoms with Gasteiger partial charge >= 0.3 is 0 Å². The van der Waals surface area contributed by atoms with Crippen molar-refractivity contribution < 1.29 is 14.0 Å². The maximum Gasteiger partial charge on any atom is 0.229 e. The minimum atomic E-state index is -0.423. The fourth-order valence-electron chi connectivity index (χ4n) is 2.95. The Hall–Kier alpha value is -2.11. The lowest BCUT2D eigenvalue weighted by atomic mass is 10.1. The second-order valence-electron chi connectivity index (χ2n) is 6.26. The van der Waals surface area contributed by atoms with Crippen LogP contribution in [0.3, 0.4) is 0 Å². The van der Waals surface area contributed by atoms with E-state index in [-0.39, 0.29) is 24.1 Å². The molecular formula is C19H17Cl2FN2O2. The highest BCUT2D eigenvalue weighted by atomic mass is 35.5. The van der Waals surface area contributed by atoms with Crippen LogP contribution in [-0.4, -0.2) is 29.8 Å². The van der Waals surface area contributed by atoms with E-state index >= 15 is 0 Å². The van der Waals surface area contributed by atoms with Gasteiger partial charge in [-0.15, -0.1) is 0 Å². The van der Waals surface area contributed by atoms with E-state index in [9.17, 15) is 14.0 Å². The van der Waals surface area contributed by atoms with Gasteiger partial charge in [0.1, 0.15) is 5.82 Å². The Morgan fingerprint density at radius 1 is 1.15 bits per heavy atom. The van der Waals surface area contributed by atoms with Crippen LogP contribution in [0, 0.1) is 11.7 Å². The van der Waals surface area contributed by atoms with Crippen LogP contribution in [-0.2, 0) is 16.0 Å². The summed E-state index contributed by atoms with van der Waals surface area (Å²) < 4.78 is 12.9. The molecule has 0 spiro atoms. The number of halogens is 3. The Labute approximate surface area is 160 Å². The number of hydrogen-bond acceptors (Lipinski definition) is 2. The fourth-order valence-corrected chi connectivity index (χ4v) is 3.48. The maximum absolute atomic E-state index is 12.9. The fraction of sp³-hybridized carbons (Fsp3) is 0.263. The summed E-state index contributed by atoms with van der Waals surface area (Å²) in [5.41, 5.74) is 1.45. The van der Waals surface area contributed by atoms with Gasteiger partial charge in [-0.05, 0) is 42.3 Å². The number of benzene rings is 2. The molecule has 1 N–H and O–H groups in total. The Bertz CT molecular complexity index is 807. The smallest absolute Gasteiger partial charge is 0.229 e. The number of carbonyl (C=O) groups is 2. The maximum atomic E-state index is 12.9. The second kappa shape index (κ2) is 8.06. The Morgan fingerprint density at radius 2 is 1.81 bits per heavy atom. The number of anilines is 1. The molecule has 0 saturated carbocycles. The molecule has 0 bridgehead atoms. The van der Waals surface area contributed by atoms with Gasteiger partial charge in [-0.3, -0.25) is 9.59 Å². The summed E-state index contributed by atoms with van der Waals surface area (Å²) >= 11 is 11.9. The number of carbonyl (C=O) groups excluding carboxylic acids is 2.